The molecule has 0 aromatic rings. The van der Waals surface area contributed by atoms with Gasteiger partial charge >= 0.3 is 0 Å². The smallest absolute Gasteiger partial charge is 0.191 e. The standard InChI is InChI=1S/C16H31N3OS2/c1-4-17-14(18-11-15(3)8-6-10-22-15)19-12-16(20)9-7-13(16)21-5-2/h13,20H,4-12H2,1-3H3,(H2,17,18,19). The molecule has 128 valence electrons. The summed E-state index contributed by atoms with van der Waals surface area (Å²) in [5, 5.41) is 17.8. The fraction of sp³-hybridized carbons (Fsp3) is 0.938. The Hall–Kier alpha value is -0.0700. The summed E-state index contributed by atoms with van der Waals surface area (Å²) in [6.07, 6.45) is 4.57. The van der Waals surface area contributed by atoms with Crippen LogP contribution in [0.15, 0.2) is 4.99 Å². The van der Waals surface area contributed by atoms with Crippen LogP contribution in [0, 0.1) is 0 Å². The maximum atomic E-state index is 10.7. The zero-order valence-corrected chi connectivity index (χ0v) is 15.8. The first-order chi connectivity index (χ1) is 10.5. The van der Waals surface area contributed by atoms with E-state index in [1.54, 1.807) is 0 Å². The second kappa shape index (κ2) is 8.15. The minimum Gasteiger partial charge on any atom is -0.387 e. The van der Waals surface area contributed by atoms with Gasteiger partial charge in [-0.3, -0.25) is 4.99 Å². The third-order valence-electron chi connectivity index (χ3n) is 4.59. The van der Waals surface area contributed by atoms with Crippen molar-refractivity contribution in [3.8, 4) is 0 Å². The summed E-state index contributed by atoms with van der Waals surface area (Å²) >= 11 is 3.91. The number of guanidine groups is 1. The van der Waals surface area contributed by atoms with Crippen molar-refractivity contribution in [3.63, 3.8) is 0 Å². The highest BCUT2D eigenvalue weighted by atomic mass is 32.2. The molecule has 1 saturated heterocycles. The van der Waals surface area contributed by atoms with Crippen LogP contribution in [0.3, 0.4) is 0 Å². The van der Waals surface area contributed by atoms with Crippen molar-refractivity contribution in [2.45, 2.75) is 62.1 Å². The first-order valence-corrected chi connectivity index (χ1v) is 10.5. The monoisotopic (exact) mass is 345 g/mol. The molecule has 0 aromatic carbocycles. The highest BCUT2D eigenvalue weighted by Gasteiger charge is 2.45. The lowest BCUT2D eigenvalue weighted by Gasteiger charge is -2.44. The van der Waals surface area contributed by atoms with Gasteiger partial charge in [0.1, 0.15) is 0 Å². The largest absolute Gasteiger partial charge is 0.387 e. The number of hydrogen-bond donors (Lipinski definition) is 3. The van der Waals surface area contributed by atoms with E-state index in [9.17, 15) is 5.11 Å². The lowest BCUT2D eigenvalue weighted by molar-refractivity contribution is -0.0154. The van der Waals surface area contributed by atoms with E-state index in [1.165, 1.54) is 18.6 Å². The van der Waals surface area contributed by atoms with E-state index in [4.69, 9.17) is 0 Å². The van der Waals surface area contributed by atoms with Crippen LogP contribution in [0.4, 0.5) is 0 Å². The molecular formula is C16H31N3OS2. The summed E-state index contributed by atoms with van der Waals surface area (Å²) in [6.45, 7) is 8.85. The van der Waals surface area contributed by atoms with Gasteiger partial charge in [-0.25, -0.2) is 0 Å². The summed E-state index contributed by atoms with van der Waals surface area (Å²) in [4.78, 5) is 4.65. The molecule has 1 heterocycles. The van der Waals surface area contributed by atoms with E-state index in [0.29, 0.717) is 16.5 Å². The Morgan fingerprint density at radius 1 is 1.36 bits per heavy atom. The number of thioether (sulfide) groups is 2. The van der Waals surface area contributed by atoms with E-state index in [1.807, 2.05) is 11.8 Å². The number of hydrogen-bond acceptors (Lipinski definition) is 4. The number of nitrogens with one attached hydrogen (secondary N) is 2. The van der Waals surface area contributed by atoms with Gasteiger partial charge in [0.2, 0.25) is 0 Å². The molecule has 3 unspecified atom stereocenters. The molecule has 0 bridgehead atoms. The Morgan fingerprint density at radius 2 is 2.18 bits per heavy atom. The van der Waals surface area contributed by atoms with Crippen molar-refractivity contribution >= 4 is 29.5 Å². The van der Waals surface area contributed by atoms with Crippen LogP contribution in [0.5, 0.6) is 0 Å². The Morgan fingerprint density at radius 3 is 2.73 bits per heavy atom. The summed E-state index contributed by atoms with van der Waals surface area (Å²) in [5.41, 5.74) is -0.602. The molecule has 3 N–H and O–H groups in total. The Balaban J connectivity index is 1.86. The molecule has 1 aliphatic heterocycles. The van der Waals surface area contributed by atoms with Gasteiger partial charge in [-0.15, -0.1) is 0 Å². The third-order valence-corrected chi connectivity index (χ3v) is 7.54. The first kappa shape index (κ1) is 18.3. The zero-order chi connectivity index (χ0) is 16.1. The molecule has 1 aliphatic carbocycles. The van der Waals surface area contributed by atoms with Gasteiger partial charge in [-0.1, -0.05) is 6.92 Å². The molecule has 0 radical (unpaired) electrons. The van der Waals surface area contributed by atoms with Crippen LogP contribution in [0.2, 0.25) is 0 Å². The molecule has 22 heavy (non-hydrogen) atoms. The second-order valence-corrected chi connectivity index (χ2v) is 9.70. The molecule has 2 aliphatic rings. The number of rotatable bonds is 7. The molecule has 6 heteroatoms. The normalized spacial score (nSPS) is 35.3. The molecular weight excluding hydrogens is 314 g/mol. The van der Waals surface area contributed by atoms with Crippen LogP contribution in [-0.2, 0) is 0 Å². The van der Waals surface area contributed by atoms with Crippen LogP contribution >= 0.6 is 23.5 Å². The van der Waals surface area contributed by atoms with Gasteiger partial charge in [0.05, 0.1) is 12.1 Å². The third kappa shape index (κ3) is 4.71. The van der Waals surface area contributed by atoms with Gasteiger partial charge in [0, 0.05) is 23.1 Å². The lowest BCUT2D eigenvalue weighted by atomic mass is 9.79. The van der Waals surface area contributed by atoms with Crippen LogP contribution in [0.25, 0.3) is 0 Å². The van der Waals surface area contributed by atoms with Crippen molar-refractivity contribution in [3.05, 3.63) is 0 Å². The summed E-state index contributed by atoms with van der Waals surface area (Å²) in [6, 6.07) is 0. The van der Waals surface area contributed by atoms with Crippen molar-refractivity contribution in [2.24, 2.45) is 4.99 Å². The Kier molecular flexibility index (Phi) is 6.77. The van der Waals surface area contributed by atoms with Crippen LogP contribution in [0.1, 0.15) is 46.5 Å². The predicted octanol–water partition coefficient (Wildman–Crippen LogP) is 2.47. The topological polar surface area (TPSA) is 56.7 Å². The molecule has 0 amide bonds. The second-order valence-electron chi connectivity index (χ2n) is 6.54. The quantitative estimate of drug-likeness (QED) is 0.489. The van der Waals surface area contributed by atoms with Crippen molar-refractivity contribution in [2.75, 3.05) is 31.1 Å². The average molecular weight is 346 g/mol. The zero-order valence-electron chi connectivity index (χ0n) is 14.2. The van der Waals surface area contributed by atoms with Gasteiger partial charge in [-0.2, -0.15) is 23.5 Å². The maximum absolute atomic E-state index is 10.7. The Bertz CT molecular complexity index is 386. The highest BCUT2D eigenvalue weighted by Crippen LogP contribution is 2.41. The highest BCUT2D eigenvalue weighted by molar-refractivity contribution is 8.00. The van der Waals surface area contributed by atoms with Gasteiger partial charge in [0.25, 0.3) is 0 Å². The van der Waals surface area contributed by atoms with Crippen molar-refractivity contribution < 1.29 is 5.11 Å². The van der Waals surface area contributed by atoms with E-state index >= 15 is 0 Å². The number of nitrogens with zero attached hydrogens (tertiary/aromatic N) is 1. The van der Waals surface area contributed by atoms with E-state index < -0.39 is 5.60 Å². The van der Waals surface area contributed by atoms with Crippen LogP contribution in [-0.4, -0.2) is 57.8 Å². The summed E-state index contributed by atoms with van der Waals surface area (Å²) < 4.78 is 0.324. The number of aliphatic hydroxyl groups is 1. The minimum atomic E-state index is -0.602. The van der Waals surface area contributed by atoms with E-state index in [-0.39, 0.29) is 0 Å². The van der Waals surface area contributed by atoms with Crippen LogP contribution < -0.4 is 10.6 Å². The lowest BCUT2D eigenvalue weighted by Crippen LogP contribution is -2.53. The van der Waals surface area contributed by atoms with Gasteiger partial charge in [0.15, 0.2) is 5.96 Å². The minimum absolute atomic E-state index is 0.324. The molecule has 4 nitrogen and oxygen atoms in total. The fourth-order valence-electron chi connectivity index (χ4n) is 3.02. The average Bonchev–Trinajstić information content (AvgIpc) is 2.93. The molecule has 2 fully saturated rings. The first-order valence-electron chi connectivity index (χ1n) is 8.51. The van der Waals surface area contributed by atoms with Crippen molar-refractivity contribution in [1.29, 1.82) is 0 Å². The number of aliphatic imine (C=N–C) groups is 1. The summed E-state index contributed by atoms with van der Waals surface area (Å²) in [5.74, 6) is 3.17. The molecule has 2 rings (SSSR count). The summed E-state index contributed by atoms with van der Waals surface area (Å²) in [7, 11) is 0. The SMILES string of the molecule is CCNC(=NCC1(O)CCC1SCC)NCC1(C)CCCS1. The van der Waals surface area contributed by atoms with Crippen molar-refractivity contribution in [1.82, 2.24) is 10.6 Å². The van der Waals surface area contributed by atoms with Gasteiger partial charge < -0.3 is 15.7 Å². The molecule has 0 spiro atoms. The van der Waals surface area contributed by atoms with E-state index in [2.05, 4.69) is 48.2 Å². The molecule has 3 atom stereocenters. The molecule has 0 aromatic heterocycles. The molecule has 1 saturated carbocycles. The maximum Gasteiger partial charge on any atom is 0.191 e. The Labute approximate surface area is 143 Å². The van der Waals surface area contributed by atoms with Gasteiger partial charge in [-0.05, 0) is 51.0 Å². The van der Waals surface area contributed by atoms with E-state index in [0.717, 1.165) is 37.6 Å². The predicted molar refractivity (Wildman–Crippen MR) is 100 cm³/mol. The fourth-order valence-corrected chi connectivity index (χ4v) is 5.45.